The van der Waals surface area contributed by atoms with Crippen molar-refractivity contribution < 1.29 is 4.52 Å². The Balaban J connectivity index is 1.98. The normalized spacial score (nSPS) is 11.7. The fraction of sp³-hybridized carbons (Fsp3) is 0.550. The van der Waals surface area contributed by atoms with Crippen LogP contribution in [0, 0.1) is 0 Å². The maximum Gasteiger partial charge on any atom is 0.192 e. The van der Waals surface area contributed by atoms with Crippen molar-refractivity contribution in [3.05, 3.63) is 41.4 Å². The average Bonchev–Trinajstić information content (AvgIpc) is 3.14. The first kappa shape index (κ1) is 20.7. The Morgan fingerprint density at radius 3 is 2.63 bits per heavy atom. The van der Waals surface area contributed by atoms with Crippen molar-refractivity contribution in [1.29, 1.82) is 0 Å². The highest BCUT2D eigenvalue weighted by molar-refractivity contribution is 5.79. The monoisotopic (exact) mass is 372 g/mol. The number of anilines is 1. The number of nitrogens with one attached hydrogen (secondary N) is 2. The van der Waals surface area contributed by atoms with E-state index in [0.29, 0.717) is 19.0 Å². The second kappa shape index (κ2) is 10.5. The van der Waals surface area contributed by atoms with Crippen molar-refractivity contribution in [3.8, 4) is 0 Å². The van der Waals surface area contributed by atoms with Gasteiger partial charge >= 0.3 is 0 Å². The molecule has 0 aromatic carbocycles. The van der Waals surface area contributed by atoms with E-state index in [-0.39, 0.29) is 0 Å². The summed E-state index contributed by atoms with van der Waals surface area (Å²) in [7, 11) is 3.96. The van der Waals surface area contributed by atoms with Crippen LogP contribution in [0.3, 0.4) is 0 Å². The van der Waals surface area contributed by atoms with Gasteiger partial charge in [0.25, 0.3) is 0 Å². The number of aliphatic imine (C=N–C) groups is 1. The van der Waals surface area contributed by atoms with E-state index in [2.05, 4.69) is 39.6 Å². The Morgan fingerprint density at radius 2 is 1.96 bits per heavy atom. The number of pyridine rings is 1. The molecule has 0 aliphatic rings. The van der Waals surface area contributed by atoms with Crippen molar-refractivity contribution in [2.45, 2.75) is 52.6 Å². The molecule has 2 aromatic rings. The van der Waals surface area contributed by atoms with Gasteiger partial charge in [-0.15, -0.1) is 0 Å². The van der Waals surface area contributed by atoms with Crippen LogP contribution in [0.25, 0.3) is 0 Å². The van der Waals surface area contributed by atoms with Gasteiger partial charge in [0, 0.05) is 32.6 Å². The van der Waals surface area contributed by atoms with Crippen LogP contribution in [-0.4, -0.2) is 36.7 Å². The lowest BCUT2D eigenvalue weighted by atomic mass is 9.99. The van der Waals surface area contributed by atoms with Crippen molar-refractivity contribution in [2.75, 3.05) is 25.5 Å². The first-order valence-corrected chi connectivity index (χ1v) is 9.68. The Hall–Kier alpha value is -2.57. The quantitative estimate of drug-likeness (QED) is 0.519. The molecule has 0 unspecified atom stereocenters. The molecule has 0 spiro atoms. The molecule has 7 heteroatoms. The summed E-state index contributed by atoms with van der Waals surface area (Å²) >= 11 is 0. The van der Waals surface area contributed by atoms with Gasteiger partial charge in [-0.2, -0.15) is 0 Å². The Morgan fingerprint density at radius 1 is 1.19 bits per heavy atom. The van der Waals surface area contributed by atoms with E-state index in [9.17, 15) is 0 Å². The third-order valence-electron chi connectivity index (χ3n) is 4.40. The lowest BCUT2D eigenvalue weighted by Gasteiger charge is -2.12. The van der Waals surface area contributed by atoms with Crippen LogP contribution in [0.2, 0.25) is 0 Å². The summed E-state index contributed by atoms with van der Waals surface area (Å²) in [5.74, 6) is 2.93. The second-order valence-electron chi connectivity index (χ2n) is 6.66. The van der Waals surface area contributed by atoms with Gasteiger partial charge in [0.2, 0.25) is 0 Å². The zero-order valence-corrected chi connectivity index (χ0v) is 17.1. The molecule has 2 rings (SSSR count). The molecule has 0 aliphatic heterocycles. The maximum atomic E-state index is 5.47. The molecule has 0 amide bonds. The summed E-state index contributed by atoms with van der Waals surface area (Å²) < 4.78 is 5.47. The first-order valence-electron chi connectivity index (χ1n) is 9.68. The largest absolute Gasteiger partial charge is 0.363 e. The zero-order chi connectivity index (χ0) is 19.6. The average molecular weight is 373 g/mol. The first-order chi connectivity index (χ1) is 13.1. The molecular weight excluding hydrogens is 340 g/mol. The maximum absolute atomic E-state index is 5.47. The van der Waals surface area contributed by atoms with E-state index in [1.165, 1.54) is 0 Å². The minimum Gasteiger partial charge on any atom is -0.363 e. The topological polar surface area (TPSA) is 78.6 Å². The zero-order valence-electron chi connectivity index (χ0n) is 17.1. The minimum absolute atomic E-state index is 0.458. The van der Waals surface area contributed by atoms with E-state index >= 15 is 0 Å². The third-order valence-corrected chi connectivity index (χ3v) is 4.40. The molecule has 0 saturated carbocycles. The summed E-state index contributed by atoms with van der Waals surface area (Å²) in [6.45, 7) is 8.23. The predicted molar refractivity (Wildman–Crippen MR) is 110 cm³/mol. The van der Waals surface area contributed by atoms with Crippen LogP contribution in [0.15, 0.2) is 33.8 Å². The summed E-state index contributed by atoms with van der Waals surface area (Å²) in [5.41, 5.74) is 1.96. The molecule has 27 heavy (non-hydrogen) atoms. The molecule has 0 saturated heterocycles. The summed E-state index contributed by atoms with van der Waals surface area (Å²) in [4.78, 5) is 11.2. The van der Waals surface area contributed by atoms with Crippen LogP contribution in [-0.2, 0) is 13.1 Å². The highest BCUT2D eigenvalue weighted by Crippen LogP contribution is 2.22. The number of hydrogen-bond donors (Lipinski definition) is 2. The number of rotatable bonds is 9. The van der Waals surface area contributed by atoms with Gasteiger partial charge in [-0.3, -0.25) is 0 Å². The van der Waals surface area contributed by atoms with Gasteiger partial charge < -0.3 is 20.1 Å². The number of aromatic nitrogens is 2. The van der Waals surface area contributed by atoms with Gasteiger partial charge in [-0.05, 0) is 31.9 Å². The Labute approximate surface area is 162 Å². The van der Waals surface area contributed by atoms with Crippen LogP contribution in [0.1, 0.15) is 56.7 Å². The fourth-order valence-electron chi connectivity index (χ4n) is 2.79. The van der Waals surface area contributed by atoms with Gasteiger partial charge in [0.1, 0.15) is 5.82 Å². The smallest absolute Gasteiger partial charge is 0.192 e. The van der Waals surface area contributed by atoms with Crippen molar-refractivity contribution in [1.82, 2.24) is 20.8 Å². The Bertz CT molecular complexity index is 721. The van der Waals surface area contributed by atoms with E-state index in [4.69, 9.17) is 4.52 Å². The molecule has 2 heterocycles. The second-order valence-corrected chi connectivity index (χ2v) is 6.66. The Kier molecular flexibility index (Phi) is 8.10. The van der Waals surface area contributed by atoms with Crippen molar-refractivity contribution in [2.24, 2.45) is 4.99 Å². The highest BCUT2D eigenvalue weighted by atomic mass is 16.5. The van der Waals surface area contributed by atoms with Gasteiger partial charge in [0.05, 0.1) is 24.5 Å². The van der Waals surface area contributed by atoms with Gasteiger partial charge in [-0.25, -0.2) is 9.98 Å². The summed E-state index contributed by atoms with van der Waals surface area (Å²) in [5, 5.41) is 10.8. The van der Waals surface area contributed by atoms with E-state index in [1.807, 2.05) is 50.2 Å². The van der Waals surface area contributed by atoms with Crippen LogP contribution >= 0.6 is 0 Å². The molecule has 0 aliphatic carbocycles. The predicted octanol–water partition coefficient (Wildman–Crippen LogP) is 3.29. The molecule has 7 nitrogen and oxygen atoms in total. The van der Waals surface area contributed by atoms with Gasteiger partial charge in [-0.1, -0.05) is 25.1 Å². The summed E-state index contributed by atoms with van der Waals surface area (Å²) in [6.07, 6.45) is 2.14. The highest BCUT2D eigenvalue weighted by Gasteiger charge is 2.13. The molecule has 0 radical (unpaired) electrons. The van der Waals surface area contributed by atoms with E-state index in [0.717, 1.165) is 48.3 Å². The number of nitrogens with zero attached hydrogens (tertiary/aromatic N) is 4. The van der Waals surface area contributed by atoms with Gasteiger partial charge in [0.15, 0.2) is 11.7 Å². The number of hydrogen-bond acceptors (Lipinski definition) is 5. The van der Waals surface area contributed by atoms with Crippen LogP contribution in [0.4, 0.5) is 5.82 Å². The fourth-order valence-corrected chi connectivity index (χ4v) is 2.79. The molecule has 0 atom stereocenters. The molecule has 2 aromatic heterocycles. The standard InChI is InChI=1S/C20H32N6O/c1-6-15(7-2)18-12-17(27-25-18)14-23-20(21-8-3)22-13-16-10-9-11-19(24-16)26(4)5/h9-12,15H,6-8,13-14H2,1-5H3,(H2,21,22,23). The van der Waals surface area contributed by atoms with Crippen molar-refractivity contribution >= 4 is 11.8 Å². The SMILES string of the molecule is CCNC(=NCc1cccc(N(C)C)n1)NCc1cc(C(CC)CC)no1. The van der Waals surface area contributed by atoms with Crippen molar-refractivity contribution in [3.63, 3.8) is 0 Å². The molecule has 0 fully saturated rings. The van der Waals surface area contributed by atoms with E-state index in [1.54, 1.807) is 0 Å². The van der Waals surface area contributed by atoms with Crippen LogP contribution < -0.4 is 15.5 Å². The summed E-state index contributed by atoms with van der Waals surface area (Å²) in [6, 6.07) is 8.01. The molecular formula is C20H32N6O. The minimum atomic E-state index is 0.458. The van der Waals surface area contributed by atoms with E-state index < -0.39 is 0 Å². The molecule has 148 valence electrons. The lowest BCUT2D eigenvalue weighted by Crippen LogP contribution is -2.36. The number of guanidine groups is 1. The molecule has 0 bridgehead atoms. The lowest BCUT2D eigenvalue weighted by molar-refractivity contribution is 0.368. The third kappa shape index (κ3) is 6.27. The molecule has 2 N–H and O–H groups in total. The van der Waals surface area contributed by atoms with Crippen LogP contribution in [0.5, 0.6) is 0 Å².